The van der Waals surface area contributed by atoms with Crippen molar-refractivity contribution in [3.05, 3.63) is 78.0 Å². The summed E-state index contributed by atoms with van der Waals surface area (Å²) in [4.78, 5) is 46.5. The topological polar surface area (TPSA) is 98.3 Å². The molecule has 1 N–H and O–H groups in total. The van der Waals surface area contributed by atoms with Crippen molar-refractivity contribution in [2.24, 2.45) is 11.0 Å². The van der Waals surface area contributed by atoms with E-state index in [0.717, 1.165) is 31.9 Å². The molecule has 1 atom stereocenters. The number of carbonyl (C=O) groups is 3. The first-order chi connectivity index (χ1) is 18.5. The Morgan fingerprint density at radius 1 is 1.05 bits per heavy atom. The van der Waals surface area contributed by atoms with Crippen molar-refractivity contribution in [1.29, 1.82) is 0 Å². The van der Waals surface area contributed by atoms with Crippen LogP contribution in [0.4, 0.5) is 0 Å². The SMILES string of the molecule is O=C1C(CN2CCOCC2)C(=O)N(C(=O)Cc2c[nH]c3ccccc23)C(=S)N1/N=C/C=C/c1ccccc1. The second kappa shape index (κ2) is 11.6. The number of hydrazone groups is 1. The molecule has 0 radical (unpaired) electrons. The average molecular weight is 530 g/mol. The van der Waals surface area contributed by atoms with Crippen LogP contribution in [0.2, 0.25) is 0 Å². The maximum absolute atomic E-state index is 13.6. The lowest BCUT2D eigenvalue weighted by molar-refractivity contribution is -0.152. The summed E-state index contributed by atoms with van der Waals surface area (Å²) in [6.45, 7) is 2.37. The van der Waals surface area contributed by atoms with Gasteiger partial charge in [-0.15, -0.1) is 0 Å². The molecule has 1 aromatic heterocycles. The van der Waals surface area contributed by atoms with Crippen LogP contribution in [0.3, 0.4) is 0 Å². The number of thiocarbonyl (C=S) groups is 1. The number of nitrogens with zero attached hydrogens (tertiary/aromatic N) is 4. The number of allylic oxidation sites excluding steroid dienone is 1. The summed E-state index contributed by atoms with van der Waals surface area (Å²) in [6, 6.07) is 17.2. The van der Waals surface area contributed by atoms with Gasteiger partial charge in [0.2, 0.25) is 16.9 Å². The van der Waals surface area contributed by atoms with E-state index in [9.17, 15) is 14.4 Å². The number of benzene rings is 2. The van der Waals surface area contributed by atoms with Crippen molar-refractivity contribution < 1.29 is 19.1 Å². The van der Waals surface area contributed by atoms with Gasteiger partial charge in [0.15, 0.2) is 0 Å². The number of ether oxygens (including phenoxy) is 1. The normalized spacial score (nSPS) is 19.4. The van der Waals surface area contributed by atoms with Gasteiger partial charge in [-0.05, 0) is 35.5 Å². The number of hydrogen-bond acceptors (Lipinski definition) is 7. The molecule has 3 aromatic rings. The van der Waals surface area contributed by atoms with Crippen molar-refractivity contribution >= 4 is 58.2 Å². The molecule has 0 saturated carbocycles. The summed E-state index contributed by atoms with van der Waals surface area (Å²) in [5.41, 5.74) is 2.59. The van der Waals surface area contributed by atoms with E-state index < -0.39 is 23.6 Å². The van der Waals surface area contributed by atoms with Crippen molar-refractivity contribution in [1.82, 2.24) is 19.8 Å². The lowest BCUT2D eigenvalue weighted by atomic mass is 10.0. The monoisotopic (exact) mass is 529 g/mol. The molecular weight excluding hydrogens is 502 g/mol. The van der Waals surface area contributed by atoms with Crippen LogP contribution in [0, 0.1) is 5.92 Å². The van der Waals surface area contributed by atoms with Crippen LogP contribution in [-0.2, 0) is 25.5 Å². The number of nitrogens with one attached hydrogen (secondary N) is 1. The first-order valence-electron chi connectivity index (χ1n) is 12.4. The van der Waals surface area contributed by atoms with Gasteiger partial charge in [0, 0.05) is 42.9 Å². The summed E-state index contributed by atoms with van der Waals surface area (Å²) in [5, 5.41) is 5.89. The van der Waals surface area contributed by atoms with E-state index in [1.165, 1.54) is 6.21 Å². The third kappa shape index (κ3) is 5.47. The standard InChI is InChI=1S/C28H27N5O4S/c34-25(17-21-18-29-24-11-5-4-10-22(21)24)32-26(35)23(19-31-13-15-37-16-14-31)27(36)33(28(32)38)30-12-6-9-20-7-2-1-3-8-20/h1-12,18,23,29H,13-17,19H2/b9-6+,30-12+. The minimum atomic E-state index is -1.11. The van der Waals surface area contributed by atoms with Crippen molar-refractivity contribution in [3.63, 3.8) is 0 Å². The molecule has 9 nitrogen and oxygen atoms in total. The van der Waals surface area contributed by atoms with Crippen LogP contribution in [0.15, 0.2) is 72.0 Å². The lowest BCUT2D eigenvalue weighted by Crippen LogP contribution is -2.62. The zero-order chi connectivity index (χ0) is 26.5. The molecule has 2 aliphatic rings. The zero-order valence-corrected chi connectivity index (χ0v) is 21.5. The third-order valence-corrected chi connectivity index (χ3v) is 6.92. The first kappa shape index (κ1) is 25.7. The average Bonchev–Trinajstić information content (AvgIpc) is 3.34. The summed E-state index contributed by atoms with van der Waals surface area (Å²) in [5.74, 6) is -2.79. The number of aromatic nitrogens is 1. The molecule has 38 heavy (non-hydrogen) atoms. The summed E-state index contributed by atoms with van der Waals surface area (Å²) >= 11 is 5.48. The molecule has 3 amide bonds. The van der Waals surface area contributed by atoms with Crippen LogP contribution >= 0.6 is 12.2 Å². The van der Waals surface area contributed by atoms with E-state index in [0.29, 0.717) is 26.3 Å². The Kier molecular flexibility index (Phi) is 7.83. The molecule has 2 fully saturated rings. The van der Waals surface area contributed by atoms with Gasteiger partial charge < -0.3 is 9.72 Å². The fraction of sp³-hybridized carbons (Fsp3) is 0.250. The van der Waals surface area contributed by atoms with Crippen LogP contribution in [-0.4, -0.2) is 81.7 Å². The molecule has 3 heterocycles. The maximum Gasteiger partial charge on any atom is 0.263 e. The Balaban J connectivity index is 1.40. The Morgan fingerprint density at radius 3 is 2.58 bits per heavy atom. The number of hydrogen-bond donors (Lipinski definition) is 1. The van der Waals surface area contributed by atoms with Gasteiger partial charge in [-0.3, -0.25) is 19.3 Å². The Labute approximate surface area is 225 Å². The van der Waals surface area contributed by atoms with E-state index in [4.69, 9.17) is 17.0 Å². The number of amides is 3. The number of morpholine rings is 1. The molecular formula is C28H27N5O4S. The molecule has 1 unspecified atom stereocenters. The molecule has 2 aromatic carbocycles. The predicted molar refractivity (Wildman–Crippen MR) is 148 cm³/mol. The highest BCUT2D eigenvalue weighted by Crippen LogP contribution is 2.24. The number of rotatable bonds is 7. The van der Waals surface area contributed by atoms with Crippen LogP contribution in [0.1, 0.15) is 11.1 Å². The summed E-state index contributed by atoms with van der Waals surface area (Å²) < 4.78 is 5.39. The van der Waals surface area contributed by atoms with Gasteiger partial charge >= 0.3 is 0 Å². The van der Waals surface area contributed by atoms with Gasteiger partial charge in [-0.25, -0.2) is 4.90 Å². The molecule has 5 rings (SSSR count). The van der Waals surface area contributed by atoms with E-state index >= 15 is 0 Å². The second-order valence-corrected chi connectivity index (χ2v) is 9.40. The quantitative estimate of drug-likeness (QED) is 0.287. The second-order valence-electron chi connectivity index (χ2n) is 9.04. The number of fused-ring (bicyclic) bond motifs is 1. The number of imide groups is 1. The Hall–Kier alpha value is -3.99. The summed E-state index contributed by atoms with van der Waals surface area (Å²) in [7, 11) is 0. The van der Waals surface area contributed by atoms with E-state index in [1.807, 2.05) is 65.6 Å². The zero-order valence-electron chi connectivity index (χ0n) is 20.7. The minimum Gasteiger partial charge on any atom is -0.379 e. The largest absolute Gasteiger partial charge is 0.379 e. The highest BCUT2D eigenvalue weighted by Gasteiger charge is 2.47. The summed E-state index contributed by atoms with van der Waals surface area (Å²) in [6.07, 6.45) is 6.63. The lowest BCUT2D eigenvalue weighted by Gasteiger charge is -2.37. The van der Waals surface area contributed by atoms with E-state index in [-0.39, 0.29) is 18.1 Å². The smallest absolute Gasteiger partial charge is 0.263 e. The molecule has 2 saturated heterocycles. The molecule has 194 valence electrons. The number of para-hydroxylation sites is 1. The van der Waals surface area contributed by atoms with Crippen molar-refractivity contribution in [2.45, 2.75) is 6.42 Å². The van der Waals surface area contributed by atoms with Gasteiger partial charge in [0.1, 0.15) is 5.92 Å². The van der Waals surface area contributed by atoms with Gasteiger partial charge in [-0.2, -0.15) is 10.1 Å². The van der Waals surface area contributed by atoms with Gasteiger partial charge in [-0.1, -0.05) is 54.6 Å². The maximum atomic E-state index is 13.6. The van der Waals surface area contributed by atoms with E-state index in [2.05, 4.69) is 10.1 Å². The fourth-order valence-corrected chi connectivity index (χ4v) is 4.90. The van der Waals surface area contributed by atoms with Gasteiger partial charge in [0.25, 0.3) is 5.91 Å². The molecule has 0 bridgehead atoms. The number of aromatic amines is 1. The minimum absolute atomic E-state index is 0.0557. The fourth-order valence-electron chi connectivity index (χ4n) is 4.57. The van der Waals surface area contributed by atoms with Crippen LogP contribution in [0.5, 0.6) is 0 Å². The molecule has 0 spiro atoms. The molecule has 2 aliphatic heterocycles. The van der Waals surface area contributed by atoms with Crippen LogP contribution < -0.4 is 0 Å². The van der Waals surface area contributed by atoms with Crippen molar-refractivity contribution in [3.8, 4) is 0 Å². The van der Waals surface area contributed by atoms with Crippen molar-refractivity contribution in [2.75, 3.05) is 32.8 Å². The predicted octanol–water partition coefficient (Wildman–Crippen LogP) is 2.84. The van der Waals surface area contributed by atoms with E-state index in [1.54, 1.807) is 12.3 Å². The Morgan fingerprint density at radius 2 is 1.79 bits per heavy atom. The Bertz CT molecular complexity index is 1410. The van der Waals surface area contributed by atoms with Gasteiger partial charge in [0.05, 0.1) is 19.6 Å². The first-order valence-corrected chi connectivity index (χ1v) is 12.8. The number of H-pyrrole nitrogens is 1. The highest BCUT2D eigenvalue weighted by atomic mass is 32.1. The highest BCUT2D eigenvalue weighted by molar-refractivity contribution is 7.80. The van der Waals surface area contributed by atoms with Crippen LogP contribution in [0.25, 0.3) is 17.0 Å². The molecule has 10 heteroatoms. The molecule has 0 aliphatic carbocycles. The number of carbonyl (C=O) groups excluding carboxylic acids is 3. The third-order valence-electron chi connectivity index (χ3n) is 6.56.